The molecule has 1 aromatic rings. The Labute approximate surface area is 114 Å². The summed E-state index contributed by atoms with van der Waals surface area (Å²) in [5.74, 6) is 1.01. The molecule has 94 valence electrons. The van der Waals surface area contributed by atoms with Crippen molar-refractivity contribution >= 4 is 33.4 Å². The van der Waals surface area contributed by atoms with Crippen LogP contribution < -0.4 is 10.5 Å². The Hall–Kier alpha value is -0.940. The largest absolute Gasteiger partial charge is 0.492 e. The van der Waals surface area contributed by atoms with Gasteiger partial charge in [-0.1, -0.05) is 16.8 Å². The van der Waals surface area contributed by atoms with Crippen molar-refractivity contribution < 1.29 is 9.94 Å². The normalized spacial score (nSPS) is 11.5. The molecular formula is C11H14BrClN2O2. The van der Waals surface area contributed by atoms with Crippen LogP contribution in [0.5, 0.6) is 5.75 Å². The number of amidine groups is 1. The minimum Gasteiger partial charge on any atom is -0.492 e. The van der Waals surface area contributed by atoms with Gasteiger partial charge in [0.25, 0.3) is 0 Å². The Bertz CT molecular complexity index is 399. The molecule has 0 aromatic heterocycles. The van der Waals surface area contributed by atoms with Crippen LogP contribution in [0.4, 0.5) is 0 Å². The molecule has 0 spiro atoms. The topological polar surface area (TPSA) is 67.8 Å². The first-order chi connectivity index (χ1) is 8.13. The Kier molecular flexibility index (Phi) is 6.15. The smallest absolute Gasteiger partial charge is 0.139 e. The van der Waals surface area contributed by atoms with Crippen LogP contribution in [0, 0.1) is 0 Å². The van der Waals surface area contributed by atoms with Crippen molar-refractivity contribution in [1.29, 1.82) is 0 Å². The molecule has 0 aliphatic carbocycles. The van der Waals surface area contributed by atoms with Crippen molar-refractivity contribution in [2.75, 3.05) is 6.61 Å². The number of benzene rings is 1. The molecule has 0 heterocycles. The van der Waals surface area contributed by atoms with Crippen LogP contribution in [0.1, 0.15) is 19.3 Å². The highest BCUT2D eigenvalue weighted by molar-refractivity contribution is 9.10. The predicted octanol–water partition coefficient (Wildman–Crippen LogP) is 3.40. The highest BCUT2D eigenvalue weighted by atomic mass is 79.9. The van der Waals surface area contributed by atoms with Gasteiger partial charge < -0.3 is 15.7 Å². The van der Waals surface area contributed by atoms with E-state index in [1.165, 1.54) is 0 Å². The quantitative estimate of drug-likeness (QED) is 0.277. The number of oxime groups is 1. The van der Waals surface area contributed by atoms with E-state index in [0.29, 0.717) is 18.1 Å². The lowest BCUT2D eigenvalue weighted by molar-refractivity contribution is 0.303. The van der Waals surface area contributed by atoms with E-state index < -0.39 is 0 Å². The molecule has 1 rings (SSSR count). The summed E-state index contributed by atoms with van der Waals surface area (Å²) in [4.78, 5) is 0. The standard InChI is InChI=1S/C11H14BrClN2O2/c12-9-7-8(13)4-5-10(9)17-6-2-1-3-11(14)15-16/h4-5,7,16H,1-3,6H2,(H2,14,15). The predicted molar refractivity (Wildman–Crippen MR) is 71.9 cm³/mol. The molecule has 17 heavy (non-hydrogen) atoms. The fraction of sp³-hybridized carbons (Fsp3) is 0.364. The van der Waals surface area contributed by atoms with Crippen LogP contribution in [0.15, 0.2) is 27.8 Å². The van der Waals surface area contributed by atoms with Crippen LogP contribution in [0.25, 0.3) is 0 Å². The van der Waals surface area contributed by atoms with Gasteiger partial charge in [0.1, 0.15) is 11.6 Å². The molecular weight excluding hydrogens is 307 g/mol. The van der Waals surface area contributed by atoms with E-state index in [1.807, 2.05) is 6.07 Å². The van der Waals surface area contributed by atoms with Gasteiger partial charge in [-0.15, -0.1) is 0 Å². The maximum atomic E-state index is 8.34. The third kappa shape index (κ3) is 5.28. The van der Waals surface area contributed by atoms with Gasteiger partial charge in [-0.25, -0.2) is 0 Å². The molecule has 0 radical (unpaired) electrons. The summed E-state index contributed by atoms with van der Waals surface area (Å²) in [6.45, 7) is 0.582. The molecule has 0 saturated carbocycles. The summed E-state index contributed by atoms with van der Waals surface area (Å²) >= 11 is 9.18. The molecule has 0 bridgehead atoms. The number of nitrogens with two attached hydrogens (primary N) is 1. The molecule has 0 unspecified atom stereocenters. The second kappa shape index (κ2) is 7.40. The van der Waals surface area contributed by atoms with Crippen molar-refractivity contribution in [3.05, 3.63) is 27.7 Å². The summed E-state index contributed by atoms with van der Waals surface area (Å²) in [7, 11) is 0. The highest BCUT2D eigenvalue weighted by Crippen LogP contribution is 2.28. The van der Waals surface area contributed by atoms with E-state index in [-0.39, 0.29) is 5.84 Å². The van der Waals surface area contributed by atoms with E-state index in [1.54, 1.807) is 12.1 Å². The summed E-state index contributed by atoms with van der Waals surface area (Å²) in [5.41, 5.74) is 5.34. The van der Waals surface area contributed by atoms with Crippen molar-refractivity contribution in [2.45, 2.75) is 19.3 Å². The van der Waals surface area contributed by atoms with Gasteiger partial charge in [0.2, 0.25) is 0 Å². The lowest BCUT2D eigenvalue weighted by atomic mass is 10.2. The van der Waals surface area contributed by atoms with Gasteiger partial charge in [-0.05, 0) is 47.0 Å². The monoisotopic (exact) mass is 320 g/mol. The maximum Gasteiger partial charge on any atom is 0.139 e. The molecule has 0 aliphatic heterocycles. The molecule has 3 N–H and O–H groups in total. The van der Waals surface area contributed by atoms with E-state index in [4.69, 9.17) is 27.3 Å². The minimum absolute atomic E-state index is 0.248. The molecule has 0 saturated heterocycles. The van der Waals surface area contributed by atoms with Crippen LogP contribution in [0.2, 0.25) is 5.02 Å². The number of rotatable bonds is 6. The van der Waals surface area contributed by atoms with Gasteiger partial charge in [-0.2, -0.15) is 0 Å². The SMILES string of the molecule is NC(CCCCOc1ccc(Cl)cc1Br)=NO. The summed E-state index contributed by atoms with van der Waals surface area (Å²) in [6, 6.07) is 5.38. The van der Waals surface area contributed by atoms with E-state index in [9.17, 15) is 0 Å². The third-order valence-corrected chi connectivity index (χ3v) is 2.96. The molecule has 1 aromatic carbocycles. The van der Waals surface area contributed by atoms with Crippen LogP contribution >= 0.6 is 27.5 Å². The third-order valence-electron chi connectivity index (χ3n) is 2.11. The number of hydrogen-bond acceptors (Lipinski definition) is 3. The van der Waals surface area contributed by atoms with E-state index >= 15 is 0 Å². The molecule has 4 nitrogen and oxygen atoms in total. The first-order valence-corrected chi connectivity index (χ1v) is 6.35. The number of hydrogen-bond donors (Lipinski definition) is 2. The fourth-order valence-corrected chi connectivity index (χ4v) is 2.03. The maximum absolute atomic E-state index is 8.34. The second-order valence-electron chi connectivity index (χ2n) is 3.47. The average molecular weight is 322 g/mol. The minimum atomic E-state index is 0.248. The Morgan fingerprint density at radius 1 is 1.47 bits per heavy atom. The number of nitrogens with zero attached hydrogens (tertiary/aromatic N) is 1. The van der Waals surface area contributed by atoms with Gasteiger partial charge >= 0.3 is 0 Å². The zero-order valence-electron chi connectivity index (χ0n) is 9.20. The summed E-state index contributed by atoms with van der Waals surface area (Å²) in [6.07, 6.45) is 2.23. The zero-order valence-corrected chi connectivity index (χ0v) is 11.5. The molecule has 6 heteroatoms. The molecule has 0 aliphatic rings. The Morgan fingerprint density at radius 3 is 2.88 bits per heavy atom. The van der Waals surface area contributed by atoms with Gasteiger partial charge in [0.15, 0.2) is 0 Å². The average Bonchev–Trinajstić information content (AvgIpc) is 2.30. The Morgan fingerprint density at radius 2 is 2.24 bits per heavy atom. The lowest BCUT2D eigenvalue weighted by Gasteiger charge is -2.08. The summed E-state index contributed by atoms with van der Waals surface area (Å²) in [5, 5.41) is 11.9. The van der Waals surface area contributed by atoms with E-state index in [0.717, 1.165) is 23.1 Å². The second-order valence-corrected chi connectivity index (χ2v) is 4.76. The molecule has 0 atom stereocenters. The number of ether oxygens (including phenoxy) is 1. The van der Waals surface area contributed by atoms with Crippen LogP contribution in [0.3, 0.4) is 0 Å². The first-order valence-electron chi connectivity index (χ1n) is 5.17. The lowest BCUT2D eigenvalue weighted by Crippen LogP contribution is -2.11. The van der Waals surface area contributed by atoms with Crippen molar-refractivity contribution in [3.63, 3.8) is 0 Å². The van der Waals surface area contributed by atoms with Gasteiger partial charge in [0, 0.05) is 11.4 Å². The highest BCUT2D eigenvalue weighted by Gasteiger charge is 2.01. The van der Waals surface area contributed by atoms with Crippen LogP contribution in [-0.4, -0.2) is 17.6 Å². The van der Waals surface area contributed by atoms with Crippen molar-refractivity contribution in [3.8, 4) is 5.75 Å². The fourth-order valence-electron chi connectivity index (χ4n) is 1.23. The van der Waals surface area contributed by atoms with Gasteiger partial charge in [0.05, 0.1) is 11.1 Å². The van der Waals surface area contributed by atoms with E-state index in [2.05, 4.69) is 21.1 Å². The summed E-state index contributed by atoms with van der Waals surface area (Å²) < 4.78 is 6.39. The van der Waals surface area contributed by atoms with Crippen molar-refractivity contribution in [2.24, 2.45) is 10.9 Å². The first kappa shape index (κ1) is 14.1. The van der Waals surface area contributed by atoms with Gasteiger partial charge in [-0.3, -0.25) is 0 Å². The number of unbranched alkanes of at least 4 members (excludes halogenated alkanes) is 1. The number of halogens is 2. The molecule has 0 amide bonds. The molecule has 0 fully saturated rings. The van der Waals surface area contributed by atoms with Crippen molar-refractivity contribution in [1.82, 2.24) is 0 Å². The Balaban J connectivity index is 2.27. The van der Waals surface area contributed by atoms with Crippen LogP contribution in [-0.2, 0) is 0 Å². The zero-order chi connectivity index (χ0) is 12.7.